The largest absolute Gasteiger partial charge is 0.313 e. The van der Waals surface area contributed by atoms with Gasteiger partial charge < -0.3 is 5.32 Å². The zero-order valence-corrected chi connectivity index (χ0v) is 11.2. The molecule has 2 nitrogen and oxygen atoms in total. The quantitative estimate of drug-likeness (QED) is 0.787. The van der Waals surface area contributed by atoms with Gasteiger partial charge >= 0.3 is 0 Å². The summed E-state index contributed by atoms with van der Waals surface area (Å²) in [5.41, 5.74) is 0.423. The Balaban J connectivity index is 2.27. The first-order chi connectivity index (χ1) is 7.06. The number of hydrogen-bond acceptors (Lipinski definition) is 2. The van der Waals surface area contributed by atoms with Crippen molar-refractivity contribution in [2.75, 3.05) is 18.1 Å². The van der Waals surface area contributed by atoms with Crippen molar-refractivity contribution in [2.45, 2.75) is 52.5 Å². The van der Waals surface area contributed by atoms with Crippen molar-refractivity contribution in [3.8, 4) is 0 Å². The number of nitrogens with one attached hydrogen (secondary N) is 1. The number of rotatable bonds is 5. The van der Waals surface area contributed by atoms with Gasteiger partial charge in [0.2, 0.25) is 0 Å². The highest BCUT2D eigenvalue weighted by Gasteiger charge is 2.31. The molecule has 0 heterocycles. The molecule has 0 bridgehead atoms. The van der Waals surface area contributed by atoms with Gasteiger partial charge in [-0.1, -0.05) is 33.6 Å². The van der Waals surface area contributed by atoms with Crippen LogP contribution in [0.2, 0.25) is 0 Å². The predicted molar refractivity (Wildman–Crippen MR) is 67.6 cm³/mol. The molecule has 0 amide bonds. The molecule has 0 aromatic carbocycles. The summed E-state index contributed by atoms with van der Waals surface area (Å²) >= 11 is 0. The Bertz CT molecular complexity index is 216. The van der Waals surface area contributed by atoms with E-state index in [1.165, 1.54) is 25.7 Å². The smallest absolute Gasteiger partial charge is 0.0360 e. The molecule has 1 fully saturated rings. The van der Waals surface area contributed by atoms with Crippen LogP contribution in [0.25, 0.3) is 0 Å². The third-order valence-corrected chi connectivity index (χ3v) is 4.85. The average Bonchev–Trinajstić information content (AvgIpc) is 2.20. The van der Waals surface area contributed by atoms with Crippen molar-refractivity contribution in [1.82, 2.24) is 5.32 Å². The summed E-state index contributed by atoms with van der Waals surface area (Å²) in [6, 6.07) is 0.625. The third-order valence-electron chi connectivity index (χ3n) is 3.55. The fourth-order valence-corrected chi connectivity index (χ4v) is 3.00. The van der Waals surface area contributed by atoms with Crippen LogP contribution in [0.1, 0.15) is 46.5 Å². The molecule has 2 atom stereocenters. The normalized spacial score (nSPS) is 27.5. The van der Waals surface area contributed by atoms with E-state index >= 15 is 0 Å². The van der Waals surface area contributed by atoms with Gasteiger partial charge in [0.15, 0.2) is 0 Å². The Labute approximate surface area is 96.7 Å². The molecule has 0 radical (unpaired) electrons. The molecule has 1 N–H and O–H groups in total. The molecule has 0 aromatic heterocycles. The zero-order valence-electron chi connectivity index (χ0n) is 10.3. The van der Waals surface area contributed by atoms with E-state index in [-0.39, 0.29) is 0 Å². The summed E-state index contributed by atoms with van der Waals surface area (Å²) < 4.78 is 11.3. The lowest BCUT2D eigenvalue weighted by Crippen LogP contribution is -2.45. The second-order valence-corrected chi connectivity index (χ2v) is 7.04. The fourth-order valence-electron chi connectivity index (χ4n) is 2.36. The van der Waals surface area contributed by atoms with Crippen LogP contribution in [0.4, 0.5) is 0 Å². The van der Waals surface area contributed by atoms with Gasteiger partial charge in [0.05, 0.1) is 0 Å². The first-order valence-electron chi connectivity index (χ1n) is 6.14. The molecule has 0 saturated heterocycles. The molecule has 1 aliphatic carbocycles. The fraction of sp³-hybridized carbons (Fsp3) is 1.00. The maximum atomic E-state index is 11.3. The topological polar surface area (TPSA) is 29.1 Å². The van der Waals surface area contributed by atoms with E-state index in [9.17, 15) is 4.21 Å². The van der Waals surface area contributed by atoms with Crippen LogP contribution in [0.15, 0.2) is 0 Å². The van der Waals surface area contributed by atoms with Crippen LogP contribution in [0.3, 0.4) is 0 Å². The maximum Gasteiger partial charge on any atom is 0.0360 e. The molecule has 3 heteroatoms. The lowest BCUT2D eigenvalue weighted by Gasteiger charge is -2.39. The second-order valence-electron chi connectivity index (χ2n) is 5.17. The van der Waals surface area contributed by atoms with Crippen LogP contribution >= 0.6 is 0 Å². The molecular formula is C12H25NOS. The van der Waals surface area contributed by atoms with Crippen LogP contribution in [0, 0.1) is 5.41 Å². The van der Waals surface area contributed by atoms with Gasteiger partial charge in [0.1, 0.15) is 0 Å². The first kappa shape index (κ1) is 13.2. The molecule has 1 saturated carbocycles. The van der Waals surface area contributed by atoms with Gasteiger partial charge in [-0.3, -0.25) is 4.21 Å². The second kappa shape index (κ2) is 6.00. The van der Waals surface area contributed by atoms with Crippen molar-refractivity contribution >= 4 is 10.8 Å². The summed E-state index contributed by atoms with van der Waals surface area (Å²) in [6.45, 7) is 7.59. The summed E-state index contributed by atoms with van der Waals surface area (Å²) in [7, 11) is -0.619. The lowest BCUT2D eigenvalue weighted by atomic mass is 9.73. The molecule has 0 aliphatic heterocycles. The van der Waals surface area contributed by atoms with E-state index in [1.54, 1.807) is 0 Å². The zero-order chi connectivity index (χ0) is 11.3. The Morgan fingerprint density at radius 2 is 2.13 bits per heavy atom. The van der Waals surface area contributed by atoms with Crippen LogP contribution in [-0.4, -0.2) is 28.3 Å². The highest BCUT2D eigenvalue weighted by Crippen LogP contribution is 2.35. The minimum atomic E-state index is -0.619. The van der Waals surface area contributed by atoms with Gasteiger partial charge in [0, 0.05) is 34.9 Å². The Morgan fingerprint density at radius 3 is 2.73 bits per heavy atom. The summed E-state index contributed by atoms with van der Waals surface area (Å²) in [5, 5.41) is 3.58. The standard InChI is InChI=1S/C12H25NOS/c1-4-15(14)10-9-13-11-7-5-6-8-12(11,2)3/h11,13H,4-10H2,1-3H3. The highest BCUT2D eigenvalue weighted by molar-refractivity contribution is 7.84. The Hall–Kier alpha value is 0.110. The van der Waals surface area contributed by atoms with Crippen LogP contribution < -0.4 is 5.32 Å². The molecule has 2 unspecified atom stereocenters. The van der Waals surface area contributed by atoms with Crippen molar-refractivity contribution < 1.29 is 4.21 Å². The summed E-state index contributed by atoms with van der Waals surface area (Å²) in [5.74, 6) is 1.60. The monoisotopic (exact) mass is 231 g/mol. The van der Waals surface area contributed by atoms with Crippen molar-refractivity contribution in [3.63, 3.8) is 0 Å². The van der Waals surface area contributed by atoms with Crippen LogP contribution in [0.5, 0.6) is 0 Å². The van der Waals surface area contributed by atoms with E-state index in [2.05, 4.69) is 19.2 Å². The molecule has 0 spiro atoms. The van der Waals surface area contributed by atoms with Gasteiger partial charge in [-0.15, -0.1) is 0 Å². The van der Waals surface area contributed by atoms with Crippen LogP contribution in [-0.2, 0) is 10.8 Å². The predicted octanol–water partition coefficient (Wildman–Crippen LogP) is 2.31. The van der Waals surface area contributed by atoms with Crippen molar-refractivity contribution in [3.05, 3.63) is 0 Å². The van der Waals surface area contributed by atoms with E-state index in [1.807, 2.05) is 6.92 Å². The van der Waals surface area contributed by atoms with E-state index in [0.717, 1.165) is 18.1 Å². The molecule has 90 valence electrons. The average molecular weight is 231 g/mol. The highest BCUT2D eigenvalue weighted by atomic mass is 32.2. The summed E-state index contributed by atoms with van der Waals surface area (Å²) in [4.78, 5) is 0. The maximum absolute atomic E-state index is 11.3. The van der Waals surface area contributed by atoms with E-state index in [4.69, 9.17) is 0 Å². The van der Waals surface area contributed by atoms with E-state index in [0.29, 0.717) is 11.5 Å². The first-order valence-corrected chi connectivity index (χ1v) is 7.63. The SMILES string of the molecule is CCS(=O)CCNC1CCCCC1(C)C. The van der Waals surface area contributed by atoms with Gasteiger partial charge in [-0.2, -0.15) is 0 Å². The number of hydrogen-bond donors (Lipinski definition) is 1. The molecule has 1 rings (SSSR count). The Morgan fingerprint density at radius 1 is 1.40 bits per heavy atom. The summed E-state index contributed by atoms with van der Waals surface area (Å²) in [6.07, 6.45) is 5.32. The lowest BCUT2D eigenvalue weighted by molar-refractivity contribution is 0.170. The van der Waals surface area contributed by atoms with Gasteiger partial charge in [0.25, 0.3) is 0 Å². The van der Waals surface area contributed by atoms with E-state index < -0.39 is 10.8 Å². The molecule has 0 aromatic rings. The van der Waals surface area contributed by atoms with Crippen molar-refractivity contribution in [1.29, 1.82) is 0 Å². The third kappa shape index (κ3) is 4.23. The van der Waals surface area contributed by atoms with Crippen molar-refractivity contribution in [2.24, 2.45) is 5.41 Å². The Kier molecular flexibility index (Phi) is 5.27. The molecular weight excluding hydrogens is 206 g/mol. The molecule has 1 aliphatic rings. The van der Waals surface area contributed by atoms with Gasteiger partial charge in [-0.25, -0.2) is 0 Å². The van der Waals surface area contributed by atoms with Gasteiger partial charge in [-0.05, 0) is 18.3 Å². The minimum absolute atomic E-state index is 0.423. The molecule has 15 heavy (non-hydrogen) atoms. The minimum Gasteiger partial charge on any atom is -0.313 e.